The van der Waals surface area contributed by atoms with E-state index in [1.807, 2.05) is 24.4 Å². The van der Waals surface area contributed by atoms with Gasteiger partial charge in [-0.25, -0.2) is 0 Å². The molecule has 1 amide bonds. The van der Waals surface area contributed by atoms with E-state index in [0.717, 1.165) is 24.9 Å². The number of benzene rings is 1. The lowest BCUT2D eigenvalue weighted by molar-refractivity contribution is -0.114. The Balaban J connectivity index is 1.65. The number of hydrogen-bond donors (Lipinski definition) is 3. The second-order valence-electron chi connectivity index (χ2n) is 6.01. The second kappa shape index (κ2) is 6.32. The van der Waals surface area contributed by atoms with Crippen LogP contribution in [0.5, 0.6) is 0 Å². The van der Waals surface area contributed by atoms with Crippen LogP contribution in [0.2, 0.25) is 0 Å². The number of anilines is 1. The van der Waals surface area contributed by atoms with Crippen molar-refractivity contribution in [2.45, 2.75) is 45.2 Å². The molecule has 0 aliphatic heterocycles. The van der Waals surface area contributed by atoms with E-state index >= 15 is 0 Å². The van der Waals surface area contributed by atoms with Crippen LogP contribution in [0.25, 0.3) is 0 Å². The molecule has 0 fully saturated rings. The Hall–Kier alpha value is -2.14. The lowest BCUT2D eigenvalue weighted by Crippen LogP contribution is -2.36. The number of H-pyrrole nitrogens is 1. The third-order valence-corrected chi connectivity index (χ3v) is 4.21. The van der Waals surface area contributed by atoms with Crippen molar-refractivity contribution in [3.63, 3.8) is 0 Å². The molecule has 0 unspecified atom stereocenters. The molecular formula is C17H22N4O. The molecule has 1 aromatic carbocycles. The summed E-state index contributed by atoms with van der Waals surface area (Å²) in [5.41, 5.74) is 4.63. The molecule has 5 nitrogen and oxygen atoms in total. The van der Waals surface area contributed by atoms with Crippen LogP contribution >= 0.6 is 0 Å². The average Bonchev–Trinajstić information content (AvgIpc) is 2.94. The lowest BCUT2D eigenvalue weighted by atomic mass is 9.92. The van der Waals surface area contributed by atoms with E-state index < -0.39 is 0 Å². The molecule has 0 saturated carbocycles. The summed E-state index contributed by atoms with van der Waals surface area (Å²) in [5.74, 6) is -0.0440. The van der Waals surface area contributed by atoms with Gasteiger partial charge in [-0.2, -0.15) is 5.10 Å². The zero-order chi connectivity index (χ0) is 15.5. The first-order chi connectivity index (χ1) is 10.6. The van der Waals surface area contributed by atoms with Crippen LogP contribution in [0, 0.1) is 0 Å². The van der Waals surface area contributed by atoms with Gasteiger partial charge in [0, 0.05) is 30.4 Å². The Morgan fingerprint density at radius 2 is 2.32 bits per heavy atom. The third kappa shape index (κ3) is 3.36. The lowest BCUT2D eigenvalue weighted by Gasteiger charge is -2.27. The van der Waals surface area contributed by atoms with E-state index in [1.165, 1.54) is 23.7 Å². The van der Waals surface area contributed by atoms with Gasteiger partial charge in [-0.05, 0) is 49.4 Å². The van der Waals surface area contributed by atoms with Crippen molar-refractivity contribution in [2.24, 2.45) is 0 Å². The fraction of sp³-hybridized carbons (Fsp3) is 0.412. The Morgan fingerprint density at radius 3 is 3.14 bits per heavy atom. The van der Waals surface area contributed by atoms with E-state index in [-0.39, 0.29) is 11.9 Å². The van der Waals surface area contributed by atoms with Crippen LogP contribution in [0.15, 0.2) is 30.5 Å². The highest BCUT2D eigenvalue weighted by atomic mass is 16.1. The first kappa shape index (κ1) is 14.8. The molecule has 0 saturated heterocycles. The number of carbonyl (C=O) groups is 1. The molecule has 2 atom stereocenters. The summed E-state index contributed by atoms with van der Waals surface area (Å²) in [5, 5.41) is 13.7. The summed E-state index contributed by atoms with van der Waals surface area (Å²) in [6.45, 7) is 3.69. The second-order valence-corrected chi connectivity index (χ2v) is 6.01. The van der Waals surface area contributed by atoms with Crippen molar-refractivity contribution in [1.29, 1.82) is 0 Å². The van der Waals surface area contributed by atoms with E-state index in [0.29, 0.717) is 6.04 Å². The molecule has 22 heavy (non-hydrogen) atoms. The molecule has 0 radical (unpaired) electrons. The number of nitrogens with zero attached hydrogens (tertiary/aromatic N) is 1. The summed E-state index contributed by atoms with van der Waals surface area (Å²) in [6.07, 6.45) is 5.11. The van der Waals surface area contributed by atoms with Crippen molar-refractivity contribution < 1.29 is 4.79 Å². The number of aryl methyl sites for hydroxylation is 1. The van der Waals surface area contributed by atoms with Gasteiger partial charge in [-0.3, -0.25) is 9.89 Å². The number of aromatic amines is 1. The zero-order valence-corrected chi connectivity index (χ0v) is 13.0. The van der Waals surface area contributed by atoms with Gasteiger partial charge in [-0.15, -0.1) is 0 Å². The van der Waals surface area contributed by atoms with Gasteiger partial charge < -0.3 is 10.6 Å². The van der Waals surface area contributed by atoms with Crippen LogP contribution in [0.1, 0.15) is 43.1 Å². The molecule has 2 aromatic rings. The van der Waals surface area contributed by atoms with Gasteiger partial charge in [0.1, 0.15) is 0 Å². The van der Waals surface area contributed by atoms with Crippen molar-refractivity contribution in [3.05, 3.63) is 47.3 Å². The normalized spacial score (nSPS) is 18.5. The monoisotopic (exact) mass is 298 g/mol. The van der Waals surface area contributed by atoms with Crippen LogP contribution in [0.3, 0.4) is 0 Å². The molecule has 0 spiro atoms. The SMILES string of the molecule is CC(=O)Nc1cccc([C@H](C)N[C@H]2CCc3[nH]ncc3C2)c1. The molecule has 3 rings (SSSR count). The van der Waals surface area contributed by atoms with Crippen molar-refractivity contribution in [1.82, 2.24) is 15.5 Å². The maximum absolute atomic E-state index is 11.2. The van der Waals surface area contributed by atoms with Gasteiger partial charge in [0.15, 0.2) is 0 Å². The molecule has 5 heteroatoms. The minimum atomic E-state index is -0.0440. The van der Waals surface area contributed by atoms with Gasteiger partial charge >= 0.3 is 0 Å². The summed E-state index contributed by atoms with van der Waals surface area (Å²) in [6, 6.07) is 8.72. The minimum Gasteiger partial charge on any atom is -0.326 e. The van der Waals surface area contributed by atoms with Crippen LogP contribution in [-0.2, 0) is 17.6 Å². The molecule has 116 valence electrons. The van der Waals surface area contributed by atoms with Gasteiger partial charge in [0.05, 0.1) is 6.20 Å². The molecule has 1 aliphatic carbocycles. The van der Waals surface area contributed by atoms with Crippen molar-refractivity contribution in [2.75, 3.05) is 5.32 Å². The van der Waals surface area contributed by atoms with Crippen molar-refractivity contribution in [3.8, 4) is 0 Å². The van der Waals surface area contributed by atoms with Crippen LogP contribution in [0.4, 0.5) is 5.69 Å². The Kier molecular flexibility index (Phi) is 4.24. The summed E-state index contributed by atoms with van der Waals surface area (Å²) in [7, 11) is 0. The summed E-state index contributed by atoms with van der Waals surface area (Å²) >= 11 is 0. The van der Waals surface area contributed by atoms with Crippen molar-refractivity contribution >= 4 is 11.6 Å². The van der Waals surface area contributed by atoms with E-state index in [9.17, 15) is 4.79 Å². The summed E-state index contributed by atoms with van der Waals surface area (Å²) in [4.78, 5) is 11.2. The van der Waals surface area contributed by atoms with Crippen LogP contribution in [-0.4, -0.2) is 22.1 Å². The van der Waals surface area contributed by atoms with Crippen LogP contribution < -0.4 is 10.6 Å². The Labute approximate surface area is 130 Å². The van der Waals surface area contributed by atoms with Gasteiger partial charge in [0.25, 0.3) is 0 Å². The molecule has 1 aliphatic rings. The standard InChI is InChI=1S/C17H22N4O/c1-11(13-4-3-5-15(8-13)20-12(2)22)19-16-6-7-17-14(9-16)10-18-21-17/h3-5,8,10-11,16,19H,6-7,9H2,1-2H3,(H,18,21)(H,20,22)/t11-,16-/m0/s1. The predicted octanol–water partition coefficient (Wildman–Crippen LogP) is 2.58. The number of amides is 1. The highest BCUT2D eigenvalue weighted by Gasteiger charge is 2.21. The zero-order valence-electron chi connectivity index (χ0n) is 13.0. The third-order valence-electron chi connectivity index (χ3n) is 4.21. The number of aromatic nitrogens is 2. The quantitative estimate of drug-likeness (QED) is 0.812. The molecular weight excluding hydrogens is 276 g/mol. The maximum Gasteiger partial charge on any atom is 0.221 e. The van der Waals surface area contributed by atoms with Gasteiger partial charge in [0.2, 0.25) is 5.91 Å². The highest BCUT2D eigenvalue weighted by molar-refractivity contribution is 5.88. The number of rotatable bonds is 4. The first-order valence-corrected chi connectivity index (χ1v) is 7.76. The Bertz CT molecular complexity index is 664. The maximum atomic E-state index is 11.2. The van der Waals surface area contributed by atoms with E-state index in [4.69, 9.17) is 0 Å². The first-order valence-electron chi connectivity index (χ1n) is 7.76. The topological polar surface area (TPSA) is 69.8 Å². The van der Waals surface area contributed by atoms with E-state index in [2.05, 4.69) is 33.8 Å². The number of nitrogens with one attached hydrogen (secondary N) is 3. The molecule has 3 N–H and O–H groups in total. The molecule has 1 heterocycles. The average molecular weight is 298 g/mol. The summed E-state index contributed by atoms with van der Waals surface area (Å²) < 4.78 is 0. The number of carbonyl (C=O) groups excluding carboxylic acids is 1. The highest BCUT2D eigenvalue weighted by Crippen LogP contribution is 2.23. The molecule has 0 bridgehead atoms. The fourth-order valence-electron chi connectivity index (χ4n) is 3.10. The number of hydrogen-bond acceptors (Lipinski definition) is 3. The van der Waals surface area contributed by atoms with Gasteiger partial charge in [-0.1, -0.05) is 12.1 Å². The fourth-order valence-corrected chi connectivity index (χ4v) is 3.10. The molecule has 1 aromatic heterocycles. The largest absolute Gasteiger partial charge is 0.326 e. The number of fused-ring (bicyclic) bond motifs is 1. The smallest absolute Gasteiger partial charge is 0.221 e. The van der Waals surface area contributed by atoms with E-state index in [1.54, 1.807) is 0 Å². The predicted molar refractivity (Wildman–Crippen MR) is 86.7 cm³/mol. The minimum absolute atomic E-state index is 0.0440. The Morgan fingerprint density at radius 1 is 1.45 bits per heavy atom.